The van der Waals surface area contributed by atoms with Gasteiger partial charge >= 0.3 is 0 Å². The minimum atomic E-state index is -0.203. The molecule has 0 radical (unpaired) electrons. The Hall–Kier alpha value is -0.890. The van der Waals surface area contributed by atoms with E-state index in [0.717, 1.165) is 51.6 Å². The molecule has 27 heavy (non-hydrogen) atoms. The maximum atomic E-state index is 12.6. The van der Waals surface area contributed by atoms with E-state index in [1.165, 1.54) is 17.8 Å². The molecular formula is C18H30Cl2N4O2S. The number of anilines is 1. The minimum Gasteiger partial charge on any atom is -0.352 e. The zero-order valence-electron chi connectivity index (χ0n) is 15.5. The van der Waals surface area contributed by atoms with E-state index >= 15 is 0 Å². The summed E-state index contributed by atoms with van der Waals surface area (Å²) in [4.78, 5) is 29.2. The van der Waals surface area contributed by atoms with Crippen molar-refractivity contribution in [3.05, 3.63) is 11.6 Å². The molecule has 0 spiro atoms. The Morgan fingerprint density at radius 1 is 1.15 bits per heavy atom. The SMILES string of the molecule is Cl.Cl.O=C(CC1(CC(=O)N[C@H]2CCCNC2)CCCCC1)Nc1nccs1. The number of aromatic nitrogens is 1. The summed E-state index contributed by atoms with van der Waals surface area (Å²) in [6.07, 6.45) is 9.99. The summed E-state index contributed by atoms with van der Waals surface area (Å²) in [6, 6.07) is 0.228. The van der Waals surface area contributed by atoms with Crippen LogP contribution in [0.2, 0.25) is 0 Å². The number of thiazole rings is 1. The molecule has 1 aromatic heterocycles. The molecule has 154 valence electrons. The van der Waals surface area contributed by atoms with Crippen LogP contribution in [0.4, 0.5) is 5.13 Å². The Bertz CT molecular complexity index is 574. The molecule has 0 aromatic carbocycles. The molecule has 3 rings (SSSR count). The fraction of sp³-hybridized carbons (Fsp3) is 0.722. The molecule has 0 bridgehead atoms. The van der Waals surface area contributed by atoms with Gasteiger partial charge in [-0.1, -0.05) is 19.3 Å². The molecule has 2 heterocycles. The lowest BCUT2D eigenvalue weighted by Crippen LogP contribution is -2.47. The van der Waals surface area contributed by atoms with Gasteiger partial charge in [0, 0.05) is 37.0 Å². The highest BCUT2D eigenvalue weighted by molar-refractivity contribution is 7.13. The van der Waals surface area contributed by atoms with Crippen LogP contribution in [0.15, 0.2) is 11.6 Å². The second kappa shape index (κ2) is 11.8. The predicted octanol–water partition coefficient (Wildman–Crippen LogP) is 3.52. The second-order valence-corrected chi connectivity index (χ2v) is 8.31. The largest absolute Gasteiger partial charge is 0.352 e. The first kappa shape index (κ1) is 24.1. The zero-order valence-corrected chi connectivity index (χ0v) is 17.9. The van der Waals surface area contributed by atoms with Gasteiger partial charge in [0.05, 0.1) is 0 Å². The molecule has 1 saturated heterocycles. The number of rotatable bonds is 6. The monoisotopic (exact) mass is 436 g/mol. The molecule has 0 unspecified atom stereocenters. The first-order chi connectivity index (χ1) is 12.2. The van der Waals surface area contributed by atoms with Gasteiger partial charge in [0.25, 0.3) is 0 Å². The Labute approximate surface area is 177 Å². The second-order valence-electron chi connectivity index (χ2n) is 7.41. The van der Waals surface area contributed by atoms with Crippen molar-refractivity contribution in [3.8, 4) is 0 Å². The maximum absolute atomic E-state index is 12.6. The summed E-state index contributed by atoms with van der Waals surface area (Å²) < 4.78 is 0. The van der Waals surface area contributed by atoms with E-state index in [-0.39, 0.29) is 48.1 Å². The number of carbonyl (C=O) groups excluding carboxylic acids is 2. The van der Waals surface area contributed by atoms with Gasteiger partial charge in [-0.2, -0.15) is 0 Å². The van der Waals surface area contributed by atoms with Crippen LogP contribution >= 0.6 is 36.2 Å². The van der Waals surface area contributed by atoms with E-state index in [1.807, 2.05) is 5.38 Å². The summed E-state index contributed by atoms with van der Waals surface area (Å²) in [6.45, 7) is 1.89. The van der Waals surface area contributed by atoms with Crippen LogP contribution in [0, 0.1) is 5.41 Å². The fourth-order valence-electron chi connectivity index (χ4n) is 4.10. The standard InChI is InChI=1S/C18H28N4O2S.2ClH/c23-15(21-14-5-4-8-19-13-14)11-18(6-2-1-3-7-18)12-16(24)22-17-20-9-10-25-17;;/h9-10,14,19H,1-8,11-13H2,(H,21,23)(H,20,22,24);2*1H/t14-;;/m0../s1. The lowest BCUT2D eigenvalue weighted by Gasteiger charge is -2.37. The summed E-state index contributed by atoms with van der Waals surface area (Å²) in [5.41, 5.74) is -0.203. The normalized spacial score (nSPS) is 21.3. The van der Waals surface area contributed by atoms with Gasteiger partial charge < -0.3 is 16.0 Å². The number of amides is 2. The van der Waals surface area contributed by atoms with Crippen molar-refractivity contribution in [1.82, 2.24) is 15.6 Å². The Morgan fingerprint density at radius 2 is 1.89 bits per heavy atom. The fourth-order valence-corrected chi connectivity index (χ4v) is 4.65. The van der Waals surface area contributed by atoms with Gasteiger partial charge in [0.15, 0.2) is 5.13 Å². The molecule has 9 heteroatoms. The number of nitrogens with one attached hydrogen (secondary N) is 3. The maximum Gasteiger partial charge on any atom is 0.226 e. The molecule has 1 saturated carbocycles. The molecule has 1 aromatic rings. The topological polar surface area (TPSA) is 83.1 Å². The summed E-state index contributed by atoms with van der Waals surface area (Å²) in [5, 5.41) is 11.8. The Morgan fingerprint density at radius 3 is 2.52 bits per heavy atom. The van der Waals surface area contributed by atoms with E-state index in [9.17, 15) is 9.59 Å². The van der Waals surface area contributed by atoms with Crippen molar-refractivity contribution in [3.63, 3.8) is 0 Å². The average molecular weight is 437 g/mol. The third-order valence-corrected chi connectivity index (χ3v) is 6.01. The molecule has 6 nitrogen and oxygen atoms in total. The number of carbonyl (C=O) groups is 2. The predicted molar refractivity (Wildman–Crippen MR) is 114 cm³/mol. The number of piperidine rings is 1. The highest BCUT2D eigenvalue weighted by atomic mass is 35.5. The van der Waals surface area contributed by atoms with E-state index < -0.39 is 0 Å². The van der Waals surface area contributed by atoms with E-state index in [2.05, 4.69) is 20.9 Å². The Balaban J connectivity index is 0.00000182. The van der Waals surface area contributed by atoms with Gasteiger partial charge in [-0.3, -0.25) is 9.59 Å². The molecule has 1 atom stereocenters. The van der Waals surface area contributed by atoms with Gasteiger partial charge in [0.1, 0.15) is 0 Å². The lowest BCUT2D eigenvalue weighted by molar-refractivity contribution is -0.126. The molecule has 3 N–H and O–H groups in total. The van der Waals surface area contributed by atoms with Crippen LogP contribution in [0.5, 0.6) is 0 Å². The third-order valence-electron chi connectivity index (χ3n) is 5.33. The highest BCUT2D eigenvalue weighted by Crippen LogP contribution is 2.42. The minimum absolute atomic E-state index is 0. The van der Waals surface area contributed by atoms with Gasteiger partial charge in [0.2, 0.25) is 11.8 Å². The first-order valence-corrected chi connectivity index (χ1v) is 10.2. The third kappa shape index (κ3) is 7.56. The lowest BCUT2D eigenvalue weighted by atomic mass is 9.69. The van der Waals surface area contributed by atoms with Crippen LogP contribution in [0.1, 0.15) is 57.8 Å². The molecule has 2 amide bonds. The number of hydrogen-bond donors (Lipinski definition) is 3. The summed E-state index contributed by atoms with van der Waals surface area (Å²) in [7, 11) is 0. The average Bonchev–Trinajstić information content (AvgIpc) is 3.09. The van der Waals surface area contributed by atoms with Crippen molar-refractivity contribution in [1.29, 1.82) is 0 Å². The van der Waals surface area contributed by atoms with Crippen LogP contribution in [0.3, 0.4) is 0 Å². The van der Waals surface area contributed by atoms with Crippen LogP contribution in [0.25, 0.3) is 0 Å². The number of hydrogen-bond acceptors (Lipinski definition) is 5. The molecule has 1 aliphatic heterocycles. The van der Waals surface area contributed by atoms with Gasteiger partial charge in [-0.25, -0.2) is 4.98 Å². The van der Waals surface area contributed by atoms with Crippen molar-refractivity contribution in [2.45, 2.75) is 63.8 Å². The van der Waals surface area contributed by atoms with Crippen molar-refractivity contribution < 1.29 is 9.59 Å². The highest BCUT2D eigenvalue weighted by Gasteiger charge is 2.37. The first-order valence-electron chi connectivity index (χ1n) is 9.35. The zero-order chi connectivity index (χ0) is 17.5. The molecule has 2 fully saturated rings. The molecule has 2 aliphatic rings. The van der Waals surface area contributed by atoms with E-state index in [0.29, 0.717) is 18.0 Å². The van der Waals surface area contributed by atoms with Crippen LogP contribution < -0.4 is 16.0 Å². The summed E-state index contributed by atoms with van der Waals surface area (Å²) in [5.74, 6) is 0.0710. The van der Waals surface area contributed by atoms with Crippen LogP contribution in [-0.2, 0) is 9.59 Å². The summed E-state index contributed by atoms with van der Waals surface area (Å²) >= 11 is 1.42. The molecule has 1 aliphatic carbocycles. The Kier molecular flexibility index (Phi) is 10.6. The van der Waals surface area contributed by atoms with Crippen molar-refractivity contribution in [2.24, 2.45) is 5.41 Å². The number of halogens is 2. The molecular weight excluding hydrogens is 407 g/mol. The smallest absolute Gasteiger partial charge is 0.226 e. The van der Waals surface area contributed by atoms with E-state index in [1.54, 1.807) is 6.20 Å². The number of nitrogens with zero attached hydrogens (tertiary/aromatic N) is 1. The van der Waals surface area contributed by atoms with Crippen LogP contribution in [-0.4, -0.2) is 35.9 Å². The van der Waals surface area contributed by atoms with Crippen molar-refractivity contribution in [2.75, 3.05) is 18.4 Å². The quantitative estimate of drug-likeness (QED) is 0.636. The van der Waals surface area contributed by atoms with Crippen molar-refractivity contribution >= 4 is 53.1 Å². The van der Waals surface area contributed by atoms with Gasteiger partial charge in [-0.05, 0) is 37.6 Å². The van der Waals surface area contributed by atoms with E-state index in [4.69, 9.17) is 0 Å². The van der Waals surface area contributed by atoms with Gasteiger partial charge in [-0.15, -0.1) is 36.2 Å².